The Kier molecular flexibility index (Phi) is 5.64. The number of anilines is 1. The van der Waals surface area contributed by atoms with Crippen molar-refractivity contribution in [2.24, 2.45) is 0 Å². The zero-order valence-electron chi connectivity index (χ0n) is 16.5. The van der Waals surface area contributed by atoms with Crippen LogP contribution in [0, 0.1) is 6.92 Å². The second-order valence-corrected chi connectivity index (χ2v) is 9.68. The molecular formula is C21H28N4O2S. The van der Waals surface area contributed by atoms with E-state index in [1.807, 2.05) is 31.2 Å². The summed E-state index contributed by atoms with van der Waals surface area (Å²) >= 11 is 0. The molecule has 2 aliphatic heterocycles. The third kappa shape index (κ3) is 3.91. The van der Waals surface area contributed by atoms with Gasteiger partial charge in [0.25, 0.3) is 0 Å². The van der Waals surface area contributed by atoms with Crippen molar-refractivity contribution in [3.05, 3.63) is 35.9 Å². The Labute approximate surface area is 167 Å². The maximum Gasteiger partial charge on any atom is 0.243 e. The smallest absolute Gasteiger partial charge is 0.243 e. The van der Waals surface area contributed by atoms with E-state index in [4.69, 9.17) is 0 Å². The Morgan fingerprint density at radius 1 is 0.821 bits per heavy atom. The van der Waals surface area contributed by atoms with Crippen molar-refractivity contribution in [3.63, 3.8) is 0 Å². The zero-order chi connectivity index (χ0) is 19.6. The van der Waals surface area contributed by atoms with Crippen LogP contribution in [0.5, 0.6) is 0 Å². The van der Waals surface area contributed by atoms with Crippen LogP contribution < -0.4 is 4.90 Å². The molecule has 0 atom stereocenters. The SMILES string of the molecule is Cc1ccc(-c2ccc(N3CCCCC3)nn2)cc1S(=O)(=O)N1CCCCC1. The van der Waals surface area contributed by atoms with E-state index in [9.17, 15) is 8.42 Å². The lowest BCUT2D eigenvalue weighted by Crippen LogP contribution is -2.35. The maximum atomic E-state index is 13.1. The van der Waals surface area contributed by atoms with Crippen LogP contribution in [0.2, 0.25) is 0 Å². The highest BCUT2D eigenvalue weighted by Crippen LogP contribution is 2.28. The van der Waals surface area contributed by atoms with Gasteiger partial charge in [-0.15, -0.1) is 10.2 Å². The predicted octanol–water partition coefficient (Wildman–Crippen LogP) is 3.62. The molecule has 6 nitrogen and oxygen atoms in total. The number of hydrogen-bond donors (Lipinski definition) is 0. The van der Waals surface area contributed by atoms with Crippen LogP contribution in [0.25, 0.3) is 11.3 Å². The first-order chi connectivity index (χ1) is 13.6. The molecule has 0 spiro atoms. The van der Waals surface area contributed by atoms with Crippen molar-refractivity contribution in [3.8, 4) is 11.3 Å². The van der Waals surface area contributed by atoms with Crippen LogP contribution in [0.4, 0.5) is 5.82 Å². The Morgan fingerprint density at radius 2 is 1.50 bits per heavy atom. The van der Waals surface area contributed by atoms with Gasteiger partial charge in [0.15, 0.2) is 5.82 Å². The number of hydrogen-bond acceptors (Lipinski definition) is 5. The van der Waals surface area contributed by atoms with Gasteiger partial charge in [-0.25, -0.2) is 8.42 Å². The molecule has 3 heterocycles. The first kappa shape index (κ1) is 19.3. The van der Waals surface area contributed by atoms with E-state index in [0.29, 0.717) is 23.7 Å². The molecule has 0 aliphatic carbocycles. The quantitative estimate of drug-likeness (QED) is 0.784. The average Bonchev–Trinajstić information content (AvgIpc) is 2.75. The molecule has 7 heteroatoms. The summed E-state index contributed by atoms with van der Waals surface area (Å²) in [6, 6.07) is 9.48. The summed E-state index contributed by atoms with van der Waals surface area (Å²) in [6.07, 6.45) is 6.63. The van der Waals surface area contributed by atoms with E-state index in [0.717, 1.165) is 49.3 Å². The molecule has 0 N–H and O–H groups in total. The minimum atomic E-state index is -3.47. The second-order valence-electron chi connectivity index (χ2n) is 7.77. The molecule has 1 aromatic heterocycles. The van der Waals surface area contributed by atoms with Crippen molar-refractivity contribution < 1.29 is 8.42 Å². The van der Waals surface area contributed by atoms with Crippen molar-refractivity contribution in [1.82, 2.24) is 14.5 Å². The van der Waals surface area contributed by atoms with Gasteiger partial charge in [0.2, 0.25) is 10.0 Å². The topological polar surface area (TPSA) is 66.4 Å². The first-order valence-corrected chi connectivity index (χ1v) is 11.7. The molecule has 0 unspecified atom stereocenters. The predicted molar refractivity (Wildman–Crippen MR) is 111 cm³/mol. The Bertz CT molecular complexity index is 916. The van der Waals surface area contributed by atoms with E-state index < -0.39 is 10.0 Å². The fourth-order valence-corrected chi connectivity index (χ4v) is 5.82. The van der Waals surface area contributed by atoms with E-state index in [1.54, 1.807) is 10.4 Å². The summed E-state index contributed by atoms with van der Waals surface area (Å²) in [5, 5.41) is 8.79. The molecule has 2 aliphatic rings. The molecule has 0 bridgehead atoms. The molecule has 2 saturated heterocycles. The van der Waals surface area contributed by atoms with Crippen molar-refractivity contribution >= 4 is 15.8 Å². The van der Waals surface area contributed by atoms with Gasteiger partial charge in [0, 0.05) is 31.7 Å². The van der Waals surface area contributed by atoms with E-state index in [1.165, 1.54) is 19.3 Å². The molecule has 0 saturated carbocycles. The summed E-state index contributed by atoms with van der Waals surface area (Å²) in [5.41, 5.74) is 2.27. The summed E-state index contributed by atoms with van der Waals surface area (Å²) in [7, 11) is -3.47. The van der Waals surface area contributed by atoms with E-state index >= 15 is 0 Å². The highest BCUT2D eigenvalue weighted by atomic mass is 32.2. The Balaban J connectivity index is 1.61. The molecule has 4 rings (SSSR count). The van der Waals surface area contributed by atoms with E-state index in [-0.39, 0.29) is 0 Å². The summed E-state index contributed by atoms with van der Waals surface area (Å²) in [5.74, 6) is 0.900. The molecule has 0 radical (unpaired) electrons. The fraction of sp³-hybridized carbons (Fsp3) is 0.524. The van der Waals surface area contributed by atoms with Crippen LogP contribution in [-0.4, -0.2) is 49.1 Å². The third-order valence-electron chi connectivity index (χ3n) is 5.75. The van der Waals surface area contributed by atoms with Gasteiger partial charge < -0.3 is 4.90 Å². The van der Waals surface area contributed by atoms with Crippen LogP contribution in [-0.2, 0) is 10.0 Å². The Morgan fingerprint density at radius 3 is 2.14 bits per heavy atom. The molecule has 2 aromatic rings. The van der Waals surface area contributed by atoms with Crippen LogP contribution >= 0.6 is 0 Å². The van der Waals surface area contributed by atoms with Crippen LogP contribution in [0.3, 0.4) is 0 Å². The molecule has 28 heavy (non-hydrogen) atoms. The number of nitrogens with zero attached hydrogens (tertiary/aromatic N) is 4. The highest BCUT2D eigenvalue weighted by molar-refractivity contribution is 7.89. The van der Waals surface area contributed by atoms with Gasteiger partial charge in [-0.05, 0) is 62.8 Å². The van der Waals surface area contributed by atoms with Crippen LogP contribution in [0.1, 0.15) is 44.1 Å². The van der Waals surface area contributed by atoms with Crippen molar-refractivity contribution in [2.75, 3.05) is 31.1 Å². The first-order valence-electron chi connectivity index (χ1n) is 10.3. The van der Waals surface area contributed by atoms with Gasteiger partial charge in [0.1, 0.15) is 0 Å². The molecule has 150 valence electrons. The summed E-state index contributed by atoms with van der Waals surface area (Å²) < 4.78 is 27.9. The second kappa shape index (κ2) is 8.17. The number of rotatable bonds is 4. The van der Waals surface area contributed by atoms with Crippen molar-refractivity contribution in [1.29, 1.82) is 0 Å². The zero-order valence-corrected chi connectivity index (χ0v) is 17.3. The third-order valence-corrected chi connectivity index (χ3v) is 7.79. The lowest BCUT2D eigenvalue weighted by Gasteiger charge is -2.27. The Hall–Kier alpha value is -1.99. The lowest BCUT2D eigenvalue weighted by molar-refractivity contribution is 0.346. The molecular weight excluding hydrogens is 372 g/mol. The molecule has 0 amide bonds. The maximum absolute atomic E-state index is 13.1. The molecule has 1 aromatic carbocycles. The van der Waals surface area contributed by atoms with Gasteiger partial charge >= 0.3 is 0 Å². The minimum absolute atomic E-state index is 0.383. The standard InChI is InChI=1S/C21H28N4O2S/c1-17-8-9-18(16-20(17)28(26,27)25-14-6-3-7-15-25)19-10-11-21(23-22-19)24-12-4-2-5-13-24/h8-11,16H,2-7,12-15H2,1H3. The summed E-state index contributed by atoms with van der Waals surface area (Å²) in [6.45, 7) is 5.12. The normalized spacial score (nSPS) is 19.0. The largest absolute Gasteiger partial charge is 0.355 e. The van der Waals surface area contributed by atoms with Gasteiger partial charge in [-0.1, -0.05) is 18.6 Å². The van der Waals surface area contributed by atoms with Crippen LogP contribution in [0.15, 0.2) is 35.2 Å². The van der Waals surface area contributed by atoms with E-state index in [2.05, 4.69) is 15.1 Å². The lowest BCUT2D eigenvalue weighted by atomic mass is 10.1. The van der Waals surface area contributed by atoms with Gasteiger partial charge in [0.05, 0.1) is 10.6 Å². The molecule has 2 fully saturated rings. The highest BCUT2D eigenvalue weighted by Gasteiger charge is 2.27. The monoisotopic (exact) mass is 400 g/mol. The summed E-state index contributed by atoms with van der Waals surface area (Å²) in [4.78, 5) is 2.65. The minimum Gasteiger partial charge on any atom is -0.355 e. The number of sulfonamides is 1. The van der Waals surface area contributed by atoms with Crippen molar-refractivity contribution in [2.45, 2.75) is 50.3 Å². The van der Waals surface area contributed by atoms with Gasteiger partial charge in [-0.2, -0.15) is 4.31 Å². The van der Waals surface area contributed by atoms with Gasteiger partial charge in [-0.3, -0.25) is 0 Å². The number of benzene rings is 1. The fourth-order valence-electron chi connectivity index (χ4n) is 4.05. The number of piperidine rings is 2. The number of aromatic nitrogens is 2. The number of aryl methyl sites for hydroxylation is 1. The average molecular weight is 401 g/mol.